The van der Waals surface area contributed by atoms with Crippen molar-refractivity contribution in [3.8, 4) is 11.5 Å². The number of phenols is 1. The topological polar surface area (TPSA) is 66.8 Å². The Bertz CT molecular complexity index is 607. The van der Waals surface area contributed by atoms with E-state index in [4.69, 9.17) is 9.84 Å². The highest BCUT2D eigenvalue weighted by molar-refractivity contribution is 5.98. The summed E-state index contributed by atoms with van der Waals surface area (Å²) < 4.78 is 18.5. The molecule has 2 aromatic carbocycles. The average Bonchev–Trinajstić information content (AvgIpc) is 2.29. The number of halogens is 1. The van der Waals surface area contributed by atoms with Gasteiger partial charge in [-0.05, 0) is 18.2 Å². The fourth-order valence-corrected chi connectivity index (χ4v) is 1.62. The Hall–Kier alpha value is -2.30. The molecule has 0 bridgehead atoms. The standard InChI is InChI=1S/C12H9FO4/c1-17-7-4-9-8(10(13)5-7)2-6(12(15)16)3-11(9)14/h2-5,14H,1H3,(H,15,16). The molecule has 2 aromatic rings. The van der Waals surface area contributed by atoms with E-state index in [2.05, 4.69) is 0 Å². The second kappa shape index (κ2) is 3.93. The number of fused-ring (bicyclic) bond motifs is 1. The molecule has 0 aliphatic carbocycles. The van der Waals surface area contributed by atoms with Gasteiger partial charge in [0.1, 0.15) is 17.3 Å². The minimum Gasteiger partial charge on any atom is -0.507 e. The normalized spacial score (nSPS) is 10.5. The molecule has 0 aliphatic heterocycles. The van der Waals surface area contributed by atoms with Crippen molar-refractivity contribution in [3.05, 3.63) is 35.6 Å². The van der Waals surface area contributed by atoms with E-state index >= 15 is 0 Å². The summed E-state index contributed by atoms with van der Waals surface area (Å²) in [5, 5.41) is 18.7. The van der Waals surface area contributed by atoms with E-state index in [0.717, 1.165) is 12.1 Å². The van der Waals surface area contributed by atoms with Crippen LogP contribution in [0.3, 0.4) is 0 Å². The third-order valence-electron chi connectivity index (χ3n) is 2.45. The number of carboxylic acid groups (broad SMARTS) is 1. The molecule has 0 aliphatic rings. The summed E-state index contributed by atoms with van der Waals surface area (Å²) >= 11 is 0. The van der Waals surface area contributed by atoms with Gasteiger partial charge >= 0.3 is 5.97 Å². The Balaban J connectivity index is 2.81. The van der Waals surface area contributed by atoms with E-state index in [1.165, 1.54) is 19.2 Å². The highest BCUT2D eigenvalue weighted by Gasteiger charge is 2.12. The van der Waals surface area contributed by atoms with Gasteiger partial charge in [0.2, 0.25) is 0 Å². The van der Waals surface area contributed by atoms with Crippen LogP contribution in [0.25, 0.3) is 10.8 Å². The van der Waals surface area contributed by atoms with Gasteiger partial charge in [0.05, 0.1) is 12.7 Å². The minimum atomic E-state index is -1.22. The third-order valence-corrected chi connectivity index (χ3v) is 2.45. The van der Waals surface area contributed by atoms with Crippen LogP contribution < -0.4 is 4.74 Å². The first kappa shape index (κ1) is 11.2. The van der Waals surface area contributed by atoms with Crippen molar-refractivity contribution in [1.82, 2.24) is 0 Å². The molecule has 2 N–H and O–H groups in total. The fraction of sp³-hybridized carbons (Fsp3) is 0.0833. The first-order valence-corrected chi connectivity index (χ1v) is 4.76. The van der Waals surface area contributed by atoms with Gasteiger partial charge in [-0.25, -0.2) is 9.18 Å². The number of hydrogen-bond donors (Lipinski definition) is 2. The van der Waals surface area contributed by atoms with Crippen LogP contribution >= 0.6 is 0 Å². The minimum absolute atomic E-state index is 0.0446. The van der Waals surface area contributed by atoms with Crippen molar-refractivity contribution in [2.24, 2.45) is 0 Å². The number of ether oxygens (including phenoxy) is 1. The molecule has 0 radical (unpaired) electrons. The summed E-state index contributed by atoms with van der Waals surface area (Å²) in [6.45, 7) is 0. The number of benzene rings is 2. The van der Waals surface area contributed by atoms with Gasteiger partial charge < -0.3 is 14.9 Å². The largest absolute Gasteiger partial charge is 0.507 e. The van der Waals surface area contributed by atoms with Crippen molar-refractivity contribution < 1.29 is 24.1 Å². The Morgan fingerprint density at radius 2 is 1.94 bits per heavy atom. The van der Waals surface area contributed by atoms with Crippen LogP contribution in [0.2, 0.25) is 0 Å². The summed E-state index contributed by atoms with van der Waals surface area (Å²) in [4.78, 5) is 10.8. The Morgan fingerprint density at radius 3 is 2.53 bits per heavy atom. The van der Waals surface area contributed by atoms with E-state index in [-0.39, 0.29) is 27.8 Å². The quantitative estimate of drug-likeness (QED) is 0.840. The van der Waals surface area contributed by atoms with Gasteiger partial charge in [-0.1, -0.05) is 0 Å². The van der Waals surface area contributed by atoms with Crippen LogP contribution in [0, 0.1) is 5.82 Å². The third kappa shape index (κ3) is 1.87. The molecule has 2 rings (SSSR count). The number of rotatable bonds is 2. The molecular weight excluding hydrogens is 227 g/mol. The zero-order valence-electron chi connectivity index (χ0n) is 8.90. The lowest BCUT2D eigenvalue weighted by atomic mass is 10.0. The highest BCUT2D eigenvalue weighted by atomic mass is 19.1. The zero-order valence-corrected chi connectivity index (χ0v) is 8.90. The van der Waals surface area contributed by atoms with E-state index < -0.39 is 11.8 Å². The van der Waals surface area contributed by atoms with Gasteiger partial charge in [0.25, 0.3) is 0 Å². The van der Waals surface area contributed by atoms with Crippen LogP contribution in [0.1, 0.15) is 10.4 Å². The number of hydrogen-bond acceptors (Lipinski definition) is 3. The Labute approximate surface area is 95.9 Å². The Morgan fingerprint density at radius 1 is 1.24 bits per heavy atom. The predicted molar refractivity (Wildman–Crippen MR) is 59.1 cm³/mol. The highest BCUT2D eigenvalue weighted by Crippen LogP contribution is 2.32. The van der Waals surface area contributed by atoms with Crippen LogP contribution in [-0.4, -0.2) is 23.3 Å². The Kier molecular flexibility index (Phi) is 2.59. The van der Waals surface area contributed by atoms with Gasteiger partial charge in [0.15, 0.2) is 0 Å². The molecule has 0 aromatic heterocycles. The van der Waals surface area contributed by atoms with Crippen molar-refractivity contribution in [3.63, 3.8) is 0 Å². The number of methoxy groups -OCH3 is 1. The molecular formula is C12H9FO4. The first-order valence-electron chi connectivity index (χ1n) is 4.76. The molecule has 0 unspecified atom stereocenters. The van der Waals surface area contributed by atoms with Gasteiger partial charge in [0, 0.05) is 16.8 Å². The molecule has 0 saturated heterocycles. The van der Waals surface area contributed by atoms with Crippen molar-refractivity contribution >= 4 is 16.7 Å². The summed E-state index contributed by atoms with van der Waals surface area (Å²) in [7, 11) is 1.38. The maximum Gasteiger partial charge on any atom is 0.335 e. The lowest BCUT2D eigenvalue weighted by Crippen LogP contribution is -1.97. The average molecular weight is 236 g/mol. The molecule has 0 saturated carbocycles. The molecule has 5 heteroatoms. The maximum atomic E-state index is 13.7. The molecule has 0 atom stereocenters. The van der Waals surface area contributed by atoms with E-state index in [1.807, 2.05) is 0 Å². The van der Waals surface area contributed by atoms with E-state index in [0.29, 0.717) is 0 Å². The summed E-state index contributed by atoms with van der Waals surface area (Å²) in [5.74, 6) is -1.90. The van der Waals surface area contributed by atoms with Gasteiger partial charge in [-0.3, -0.25) is 0 Å². The predicted octanol–water partition coefficient (Wildman–Crippen LogP) is 2.39. The second-order valence-corrected chi connectivity index (χ2v) is 3.50. The van der Waals surface area contributed by atoms with Gasteiger partial charge in [-0.2, -0.15) is 0 Å². The van der Waals surface area contributed by atoms with Crippen molar-refractivity contribution in [2.75, 3.05) is 7.11 Å². The number of aromatic hydroxyl groups is 1. The maximum absolute atomic E-state index is 13.7. The fourth-order valence-electron chi connectivity index (χ4n) is 1.62. The van der Waals surface area contributed by atoms with Crippen LogP contribution in [0.4, 0.5) is 4.39 Å². The summed E-state index contributed by atoms with van der Waals surface area (Å²) in [6, 6.07) is 4.82. The summed E-state index contributed by atoms with van der Waals surface area (Å²) in [5.41, 5.74) is -0.168. The van der Waals surface area contributed by atoms with Crippen molar-refractivity contribution in [1.29, 1.82) is 0 Å². The van der Waals surface area contributed by atoms with E-state index in [9.17, 15) is 14.3 Å². The van der Waals surface area contributed by atoms with Crippen LogP contribution in [0.15, 0.2) is 24.3 Å². The van der Waals surface area contributed by atoms with Gasteiger partial charge in [-0.15, -0.1) is 0 Å². The molecule has 4 nitrogen and oxygen atoms in total. The number of carbonyl (C=O) groups is 1. The van der Waals surface area contributed by atoms with Crippen molar-refractivity contribution in [2.45, 2.75) is 0 Å². The van der Waals surface area contributed by atoms with Crippen LogP contribution in [0.5, 0.6) is 11.5 Å². The molecule has 0 fully saturated rings. The van der Waals surface area contributed by atoms with E-state index in [1.54, 1.807) is 0 Å². The molecule has 88 valence electrons. The molecule has 0 heterocycles. The lowest BCUT2D eigenvalue weighted by Gasteiger charge is -2.07. The monoisotopic (exact) mass is 236 g/mol. The van der Waals surface area contributed by atoms with Crippen LogP contribution in [-0.2, 0) is 0 Å². The number of aromatic carboxylic acids is 1. The molecule has 0 spiro atoms. The summed E-state index contributed by atoms with van der Waals surface area (Å²) in [6.07, 6.45) is 0. The number of phenolic OH excluding ortho intramolecular Hbond substituents is 1. The molecule has 0 amide bonds. The smallest absolute Gasteiger partial charge is 0.335 e. The molecule has 17 heavy (non-hydrogen) atoms. The lowest BCUT2D eigenvalue weighted by molar-refractivity contribution is 0.0696. The zero-order chi connectivity index (χ0) is 12.6. The first-order chi connectivity index (χ1) is 8.02. The number of carboxylic acids is 1. The SMILES string of the molecule is COc1cc(F)c2cc(C(=O)O)cc(O)c2c1. The second-order valence-electron chi connectivity index (χ2n) is 3.50.